The average Bonchev–Trinajstić information content (AvgIpc) is 3.34. The maximum Gasteiger partial charge on any atom is 0.260 e. The highest BCUT2D eigenvalue weighted by molar-refractivity contribution is 7.89. The van der Waals surface area contributed by atoms with E-state index in [-0.39, 0.29) is 43.3 Å². The Morgan fingerprint density at radius 2 is 1.67 bits per heavy atom. The van der Waals surface area contributed by atoms with Crippen LogP contribution in [0.15, 0.2) is 65.8 Å². The zero-order chi connectivity index (χ0) is 28.0. The highest BCUT2D eigenvalue weighted by atomic mass is 32.2. The van der Waals surface area contributed by atoms with Crippen molar-refractivity contribution in [1.82, 2.24) is 14.3 Å². The Morgan fingerprint density at radius 1 is 1.00 bits per heavy atom. The molecular weight excluding hydrogens is 532 g/mol. The van der Waals surface area contributed by atoms with E-state index in [1.54, 1.807) is 23.4 Å². The molecule has 39 heavy (non-hydrogen) atoms. The Bertz CT molecular complexity index is 1610. The van der Waals surface area contributed by atoms with Crippen LogP contribution in [0.5, 0.6) is 0 Å². The normalized spacial score (nSPS) is 11.3. The first kappa shape index (κ1) is 27.9. The smallest absolute Gasteiger partial charge is 0.260 e. The molecule has 0 N–H and O–H groups in total. The van der Waals surface area contributed by atoms with Crippen LogP contribution in [0.3, 0.4) is 0 Å². The molecule has 0 radical (unpaired) electrons. The zero-order valence-electron chi connectivity index (χ0n) is 21.5. The molecule has 0 spiro atoms. The van der Waals surface area contributed by atoms with Gasteiger partial charge in [-0.1, -0.05) is 17.4 Å². The molecule has 4 rings (SSSR count). The number of carbonyl (C=O) groups excluding carboxylic acids is 1. The number of pyridine rings is 1. The summed E-state index contributed by atoms with van der Waals surface area (Å²) in [7, 11) is -3.95. The van der Waals surface area contributed by atoms with E-state index in [1.165, 1.54) is 35.6 Å². The number of amides is 1. The molecule has 2 aromatic heterocycles. The van der Waals surface area contributed by atoms with Crippen LogP contribution >= 0.6 is 11.3 Å². The molecule has 11 heteroatoms. The van der Waals surface area contributed by atoms with Crippen LogP contribution in [-0.2, 0) is 16.6 Å². The number of fused-ring (bicyclic) bond motifs is 1. The van der Waals surface area contributed by atoms with Crippen molar-refractivity contribution < 1.29 is 13.2 Å². The van der Waals surface area contributed by atoms with Gasteiger partial charge in [-0.3, -0.25) is 14.7 Å². The summed E-state index contributed by atoms with van der Waals surface area (Å²) in [6, 6.07) is 17.3. The van der Waals surface area contributed by atoms with E-state index in [2.05, 4.69) is 11.1 Å². The average molecular weight is 559 g/mol. The van der Waals surface area contributed by atoms with Gasteiger partial charge in [0.15, 0.2) is 5.13 Å². The third-order valence-electron chi connectivity index (χ3n) is 6.22. The van der Waals surface area contributed by atoms with Crippen molar-refractivity contribution in [2.45, 2.75) is 38.1 Å². The number of aromatic nitrogens is 2. The minimum Gasteiger partial charge on any atom is -0.279 e. The van der Waals surface area contributed by atoms with Crippen molar-refractivity contribution in [3.63, 3.8) is 0 Å². The van der Waals surface area contributed by atoms with Gasteiger partial charge in [-0.15, -0.1) is 0 Å². The van der Waals surface area contributed by atoms with E-state index < -0.39 is 10.0 Å². The third-order valence-corrected chi connectivity index (χ3v) is 9.17. The predicted octanol–water partition coefficient (Wildman–Crippen LogP) is 4.97. The van der Waals surface area contributed by atoms with Gasteiger partial charge in [-0.25, -0.2) is 13.4 Å². The summed E-state index contributed by atoms with van der Waals surface area (Å²) in [5, 5.41) is 18.4. The van der Waals surface area contributed by atoms with E-state index in [0.717, 1.165) is 31.2 Å². The number of nitriles is 2. The number of aryl methyl sites for hydroxylation is 2. The second kappa shape index (κ2) is 12.1. The number of anilines is 1. The first-order chi connectivity index (χ1) is 18.7. The van der Waals surface area contributed by atoms with Crippen LogP contribution in [0.4, 0.5) is 5.13 Å². The molecule has 1 amide bonds. The number of carbonyl (C=O) groups is 1. The zero-order valence-corrected chi connectivity index (χ0v) is 23.2. The predicted molar refractivity (Wildman–Crippen MR) is 150 cm³/mol. The molecule has 0 saturated carbocycles. The van der Waals surface area contributed by atoms with Crippen molar-refractivity contribution in [3.05, 3.63) is 83.2 Å². The third kappa shape index (κ3) is 6.29. The van der Waals surface area contributed by atoms with Gasteiger partial charge >= 0.3 is 0 Å². The van der Waals surface area contributed by atoms with Gasteiger partial charge < -0.3 is 0 Å². The molecule has 0 saturated heterocycles. The monoisotopic (exact) mass is 558 g/mol. The minimum absolute atomic E-state index is 0.00570. The number of benzene rings is 2. The highest BCUT2D eigenvalue weighted by Crippen LogP contribution is 2.32. The molecule has 0 bridgehead atoms. The molecular formula is C28H26N6O3S2. The molecule has 9 nitrogen and oxygen atoms in total. The quantitative estimate of drug-likeness (QED) is 0.268. The molecule has 0 unspecified atom stereocenters. The standard InChI is InChI=1S/C28H26N6O3S2/c1-20-16-25-26(17-21(20)2)38-28(32-25)34(19-22-6-3-13-31-18-22)27(35)23-7-9-24(10-8-23)39(36,37)33(14-4-11-29)15-5-12-30/h3,6-10,13,16-18H,4-5,14-15,19H2,1-2H3. The topological polar surface area (TPSA) is 131 Å². The lowest BCUT2D eigenvalue weighted by Crippen LogP contribution is -2.33. The van der Waals surface area contributed by atoms with Gasteiger partial charge in [0, 0.05) is 43.9 Å². The van der Waals surface area contributed by atoms with Crippen LogP contribution in [0.2, 0.25) is 0 Å². The van der Waals surface area contributed by atoms with Crippen LogP contribution in [0, 0.1) is 36.5 Å². The number of nitrogens with zero attached hydrogens (tertiary/aromatic N) is 6. The Labute approximate surface area is 231 Å². The van der Waals surface area contributed by atoms with E-state index in [9.17, 15) is 13.2 Å². The van der Waals surface area contributed by atoms with E-state index in [4.69, 9.17) is 15.5 Å². The summed E-state index contributed by atoms with van der Waals surface area (Å²) in [6.07, 6.45) is 3.36. The van der Waals surface area contributed by atoms with Gasteiger partial charge in [0.25, 0.3) is 5.91 Å². The van der Waals surface area contributed by atoms with Crippen molar-refractivity contribution >= 4 is 42.6 Å². The molecule has 4 aromatic rings. The molecule has 198 valence electrons. The number of sulfonamides is 1. The number of rotatable bonds is 10. The van der Waals surface area contributed by atoms with E-state index in [1.807, 2.05) is 38.1 Å². The highest BCUT2D eigenvalue weighted by Gasteiger charge is 2.26. The summed E-state index contributed by atoms with van der Waals surface area (Å²) in [4.78, 5) is 24.2. The number of thiazole rings is 1. The van der Waals surface area contributed by atoms with Crippen LogP contribution in [0.1, 0.15) is 39.9 Å². The first-order valence-electron chi connectivity index (χ1n) is 12.2. The van der Waals surface area contributed by atoms with Gasteiger partial charge in [0.2, 0.25) is 10.0 Å². The largest absolute Gasteiger partial charge is 0.279 e. The van der Waals surface area contributed by atoms with Crippen molar-refractivity contribution in [2.24, 2.45) is 0 Å². The maximum atomic E-state index is 13.8. The Morgan fingerprint density at radius 3 is 2.28 bits per heavy atom. The summed E-state index contributed by atoms with van der Waals surface area (Å²) in [5.41, 5.74) is 4.17. The number of hydrogen-bond acceptors (Lipinski definition) is 8. The molecule has 0 aliphatic heterocycles. The lowest BCUT2D eigenvalue weighted by atomic mass is 10.1. The van der Waals surface area contributed by atoms with E-state index in [0.29, 0.717) is 10.7 Å². The van der Waals surface area contributed by atoms with Crippen molar-refractivity contribution in [3.8, 4) is 12.1 Å². The number of hydrogen-bond donors (Lipinski definition) is 0. The van der Waals surface area contributed by atoms with Gasteiger partial charge in [0.05, 0.1) is 33.8 Å². The second-order valence-corrected chi connectivity index (χ2v) is 11.8. The molecule has 0 aliphatic rings. The van der Waals surface area contributed by atoms with Crippen LogP contribution in [-0.4, -0.2) is 41.7 Å². The lowest BCUT2D eigenvalue weighted by Gasteiger charge is -2.21. The van der Waals surface area contributed by atoms with Crippen molar-refractivity contribution in [2.75, 3.05) is 18.0 Å². The molecule has 2 heterocycles. The summed E-state index contributed by atoms with van der Waals surface area (Å²) in [6.45, 7) is 4.25. The van der Waals surface area contributed by atoms with Crippen molar-refractivity contribution in [1.29, 1.82) is 10.5 Å². The molecule has 0 aliphatic carbocycles. The Hall–Kier alpha value is -4.16. The van der Waals surface area contributed by atoms with E-state index >= 15 is 0 Å². The SMILES string of the molecule is Cc1cc2nc(N(Cc3cccnc3)C(=O)c3ccc(S(=O)(=O)N(CCC#N)CCC#N)cc3)sc2cc1C. The maximum absolute atomic E-state index is 13.8. The summed E-state index contributed by atoms with van der Waals surface area (Å²) >= 11 is 1.42. The van der Waals surface area contributed by atoms with Gasteiger partial charge in [-0.2, -0.15) is 14.8 Å². The molecule has 0 atom stereocenters. The van der Waals surface area contributed by atoms with Crippen LogP contribution in [0.25, 0.3) is 10.2 Å². The second-order valence-electron chi connectivity index (χ2n) is 8.90. The Balaban J connectivity index is 1.67. The fourth-order valence-electron chi connectivity index (χ4n) is 3.96. The van der Waals surface area contributed by atoms with Gasteiger partial charge in [-0.05, 0) is 73.0 Å². The summed E-state index contributed by atoms with van der Waals surface area (Å²) in [5.74, 6) is -0.332. The minimum atomic E-state index is -3.95. The Kier molecular flexibility index (Phi) is 8.67. The fourth-order valence-corrected chi connectivity index (χ4v) is 6.44. The first-order valence-corrected chi connectivity index (χ1v) is 14.4. The van der Waals surface area contributed by atoms with Crippen LogP contribution < -0.4 is 4.90 Å². The summed E-state index contributed by atoms with van der Waals surface area (Å²) < 4.78 is 28.4. The molecule has 2 aromatic carbocycles. The molecule has 0 fully saturated rings. The lowest BCUT2D eigenvalue weighted by molar-refractivity contribution is 0.0985. The van der Waals surface area contributed by atoms with Gasteiger partial charge in [0.1, 0.15) is 0 Å². The fraction of sp³-hybridized carbons (Fsp3) is 0.250.